The van der Waals surface area contributed by atoms with Crippen molar-refractivity contribution in [1.82, 2.24) is 10.2 Å². The van der Waals surface area contributed by atoms with Gasteiger partial charge in [0.15, 0.2) is 0 Å². The Bertz CT molecular complexity index is 243. The summed E-state index contributed by atoms with van der Waals surface area (Å²) in [4.78, 5) is 13.8. The van der Waals surface area contributed by atoms with Gasteiger partial charge in [-0.3, -0.25) is 0 Å². The van der Waals surface area contributed by atoms with Gasteiger partial charge in [0.05, 0.1) is 0 Å². The van der Waals surface area contributed by atoms with E-state index in [0.29, 0.717) is 18.4 Å². The molecule has 1 aliphatic heterocycles. The third-order valence-corrected chi connectivity index (χ3v) is 3.23. The Hall–Kier alpha value is -0.770. The molecule has 100 valence electrons. The Labute approximate surface area is 105 Å². The molecular weight excluding hydrogens is 214 g/mol. The molecule has 3 N–H and O–H groups in total. The van der Waals surface area contributed by atoms with Crippen LogP contribution in [0.15, 0.2) is 0 Å². The number of nitrogens with one attached hydrogen (secondary N) is 1. The minimum absolute atomic E-state index is 0.0516. The number of rotatable bonds is 4. The van der Waals surface area contributed by atoms with Gasteiger partial charge in [-0.15, -0.1) is 0 Å². The highest BCUT2D eigenvalue weighted by atomic mass is 16.2. The summed E-state index contributed by atoms with van der Waals surface area (Å²) in [5, 5.41) is 2.94. The Balaban J connectivity index is 2.24. The number of carbonyl (C=O) groups is 1. The fourth-order valence-corrected chi connectivity index (χ4v) is 2.39. The zero-order chi connectivity index (χ0) is 12.8. The normalized spacial score (nSPS) is 22.6. The zero-order valence-electron chi connectivity index (χ0n) is 11.4. The Kier molecular flexibility index (Phi) is 5.75. The van der Waals surface area contributed by atoms with Gasteiger partial charge in [-0.2, -0.15) is 0 Å². The molecular formula is C13H27N3O. The van der Waals surface area contributed by atoms with Crippen molar-refractivity contribution in [2.24, 2.45) is 17.6 Å². The van der Waals surface area contributed by atoms with Gasteiger partial charge in [0.1, 0.15) is 0 Å². The average molecular weight is 241 g/mol. The average Bonchev–Trinajstić information content (AvgIpc) is 2.25. The predicted octanol–water partition coefficient (Wildman–Crippen LogP) is 1.80. The number of amides is 2. The smallest absolute Gasteiger partial charge is 0.317 e. The topological polar surface area (TPSA) is 58.4 Å². The van der Waals surface area contributed by atoms with Crippen LogP contribution in [0.5, 0.6) is 0 Å². The summed E-state index contributed by atoms with van der Waals surface area (Å²) in [7, 11) is 0. The number of nitrogens with two attached hydrogens (primary N) is 1. The molecule has 17 heavy (non-hydrogen) atoms. The van der Waals surface area contributed by atoms with Crippen molar-refractivity contribution >= 4 is 6.03 Å². The first-order chi connectivity index (χ1) is 7.99. The van der Waals surface area contributed by atoms with Crippen LogP contribution in [0.3, 0.4) is 0 Å². The molecule has 1 rings (SSSR count). The third kappa shape index (κ3) is 5.39. The highest BCUT2D eigenvalue weighted by Gasteiger charge is 2.20. The lowest BCUT2D eigenvalue weighted by atomic mass is 10.0. The molecule has 0 saturated carbocycles. The maximum absolute atomic E-state index is 11.9. The lowest BCUT2D eigenvalue weighted by Crippen LogP contribution is -2.48. The molecule has 2 amide bonds. The van der Waals surface area contributed by atoms with Gasteiger partial charge in [-0.25, -0.2) is 4.79 Å². The van der Waals surface area contributed by atoms with Crippen molar-refractivity contribution in [3.05, 3.63) is 0 Å². The second kappa shape index (κ2) is 6.84. The molecule has 2 unspecified atom stereocenters. The number of urea groups is 1. The third-order valence-electron chi connectivity index (χ3n) is 3.23. The number of hydrogen-bond donors (Lipinski definition) is 2. The van der Waals surface area contributed by atoms with Gasteiger partial charge in [0.25, 0.3) is 0 Å². The van der Waals surface area contributed by atoms with Crippen LogP contribution in [0.4, 0.5) is 4.79 Å². The van der Waals surface area contributed by atoms with E-state index >= 15 is 0 Å². The molecule has 4 heteroatoms. The van der Waals surface area contributed by atoms with Crippen molar-refractivity contribution in [2.75, 3.05) is 19.6 Å². The van der Waals surface area contributed by atoms with Gasteiger partial charge >= 0.3 is 6.03 Å². The second-order valence-electron chi connectivity index (χ2n) is 5.77. The fraction of sp³-hybridized carbons (Fsp3) is 0.923. The Morgan fingerprint density at radius 2 is 2.24 bits per heavy atom. The Morgan fingerprint density at radius 3 is 2.82 bits per heavy atom. The maximum Gasteiger partial charge on any atom is 0.317 e. The molecule has 1 heterocycles. The summed E-state index contributed by atoms with van der Waals surface area (Å²) in [5.74, 6) is 1.20. The highest BCUT2D eigenvalue weighted by Crippen LogP contribution is 2.15. The van der Waals surface area contributed by atoms with Gasteiger partial charge in [0.2, 0.25) is 0 Å². The molecule has 1 aliphatic rings. The predicted molar refractivity (Wildman–Crippen MR) is 70.8 cm³/mol. The summed E-state index contributed by atoms with van der Waals surface area (Å²) in [6.45, 7) is 8.84. The van der Waals surface area contributed by atoms with E-state index in [-0.39, 0.29) is 12.1 Å². The zero-order valence-corrected chi connectivity index (χ0v) is 11.4. The minimum Gasteiger partial charge on any atom is -0.336 e. The lowest BCUT2D eigenvalue weighted by Gasteiger charge is -2.31. The standard InChI is InChI=1S/C13H27N3O/c1-10(2)7-12(14)8-15-13(17)16-6-4-5-11(3)9-16/h10-12H,4-9,14H2,1-3H3,(H,15,17). The number of hydrogen-bond acceptors (Lipinski definition) is 2. The molecule has 1 saturated heterocycles. The summed E-state index contributed by atoms with van der Waals surface area (Å²) >= 11 is 0. The van der Waals surface area contributed by atoms with Gasteiger partial charge in [-0.05, 0) is 31.1 Å². The molecule has 1 fully saturated rings. The van der Waals surface area contributed by atoms with Crippen LogP contribution in [-0.4, -0.2) is 36.6 Å². The number of nitrogens with zero attached hydrogens (tertiary/aromatic N) is 1. The molecule has 0 spiro atoms. The lowest BCUT2D eigenvalue weighted by molar-refractivity contribution is 0.169. The van der Waals surface area contributed by atoms with Crippen LogP contribution in [0.2, 0.25) is 0 Å². The SMILES string of the molecule is CC(C)CC(N)CNC(=O)N1CCCC(C)C1. The van der Waals surface area contributed by atoms with Crippen molar-refractivity contribution in [2.45, 2.75) is 46.1 Å². The van der Waals surface area contributed by atoms with E-state index in [0.717, 1.165) is 25.9 Å². The van der Waals surface area contributed by atoms with Crippen molar-refractivity contribution in [3.8, 4) is 0 Å². The largest absolute Gasteiger partial charge is 0.336 e. The summed E-state index contributed by atoms with van der Waals surface area (Å²) in [5.41, 5.74) is 5.95. The van der Waals surface area contributed by atoms with E-state index in [4.69, 9.17) is 5.73 Å². The van der Waals surface area contributed by atoms with Crippen LogP contribution >= 0.6 is 0 Å². The van der Waals surface area contributed by atoms with Crippen LogP contribution in [-0.2, 0) is 0 Å². The highest BCUT2D eigenvalue weighted by molar-refractivity contribution is 5.74. The summed E-state index contributed by atoms with van der Waals surface area (Å²) in [6, 6.07) is 0.122. The maximum atomic E-state index is 11.9. The quantitative estimate of drug-likeness (QED) is 0.788. The molecule has 2 atom stereocenters. The first-order valence-electron chi connectivity index (χ1n) is 6.77. The van der Waals surface area contributed by atoms with E-state index in [2.05, 4.69) is 26.1 Å². The van der Waals surface area contributed by atoms with Crippen LogP contribution < -0.4 is 11.1 Å². The van der Waals surface area contributed by atoms with Crippen LogP contribution in [0.1, 0.15) is 40.0 Å². The summed E-state index contributed by atoms with van der Waals surface area (Å²) < 4.78 is 0. The van der Waals surface area contributed by atoms with Gasteiger partial charge < -0.3 is 16.0 Å². The van der Waals surface area contributed by atoms with Crippen LogP contribution in [0, 0.1) is 11.8 Å². The molecule has 0 radical (unpaired) electrons. The fourth-order valence-electron chi connectivity index (χ4n) is 2.39. The van der Waals surface area contributed by atoms with E-state index in [1.165, 1.54) is 6.42 Å². The molecule has 4 nitrogen and oxygen atoms in total. The molecule has 0 aliphatic carbocycles. The monoisotopic (exact) mass is 241 g/mol. The van der Waals surface area contributed by atoms with Gasteiger partial charge in [-0.1, -0.05) is 20.8 Å². The van der Waals surface area contributed by atoms with E-state index in [9.17, 15) is 4.79 Å². The molecule has 0 aromatic heterocycles. The number of piperidine rings is 1. The van der Waals surface area contributed by atoms with Crippen molar-refractivity contribution in [1.29, 1.82) is 0 Å². The van der Waals surface area contributed by atoms with E-state index in [1.54, 1.807) is 0 Å². The molecule has 0 aromatic carbocycles. The minimum atomic E-state index is 0.0516. The van der Waals surface area contributed by atoms with Crippen molar-refractivity contribution in [3.63, 3.8) is 0 Å². The van der Waals surface area contributed by atoms with Crippen molar-refractivity contribution < 1.29 is 4.79 Å². The Morgan fingerprint density at radius 1 is 1.53 bits per heavy atom. The van der Waals surface area contributed by atoms with E-state index < -0.39 is 0 Å². The first-order valence-corrected chi connectivity index (χ1v) is 6.77. The van der Waals surface area contributed by atoms with E-state index in [1.807, 2.05) is 4.90 Å². The summed E-state index contributed by atoms with van der Waals surface area (Å²) in [6.07, 6.45) is 3.31. The number of carbonyl (C=O) groups excluding carboxylic acids is 1. The van der Waals surface area contributed by atoms with Gasteiger partial charge in [0, 0.05) is 25.7 Å². The second-order valence-corrected chi connectivity index (χ2v) is 5.77. The molecule has 0 aromatic rings. The number of likely N-dealkylation sites (tertiary alicyclic amines) is 1. The first kappa shape index (κ1) is 14.3. The molecule has 0 bridgehead atoms. The van der Waals surface area contributed by atoms with Crippen LogP contribution in [0.25, 0.3) is 0 Å².